The third kappa shape index (κ3) is 3.66. The Morgan fingerprint density at radius 1 is 1.00 bits per heavy atom. The molecule has 0 bridgehead atoms. The Kier molecular flexibility index (Phi) is 4.93. The van der Waals surface area contributed by atoms with Crippen molar-refractivity contribution in [1.82, 2.24) is 14.9 Å². The van der Waals surface area contributed by atoms with Crippen LogP contribution in [0.25, 0.3) is 11.0 Å². The fraction of sp³-hybridized carbons (Fsp3) is 0.200. The minimum Gasteiger partial charge on any atom is -0.489 e. The maximum absolute atomic E-state index is 13.2. The van der Waals surface area contributed by atoms with Gasteiger partial charge in [0, 0.05) is 12.1 Å². The van der Waals surface area contributed by atoms with Gasteiger partial charge in [0.25, 0.3) is 5.91 Å². The molecule has 0 aliphatic carbocycles. The lowest BCUT2D eigenvalue weighted by Gasteiger charge is -2.23. The summed E-state index contributed by atoms with van der Waals surface area (Å²) in [7, 11) is 0. The summed E-state index contributed by atoms with van der Waals surface area (Å²) in [6.45, 7) is 1.25. The Balaban J connectivity index is 1.29. The van der Waals surface area contributed by atoms with Crippen LogP contribution in [0.4, 0.5) is 0 Å². The van der Waals surface area contributed by atoms with Crippen LogP contribution >= 0.6 is 0 Å². The van der Waals surface area contributed by atoms with Gasteiger partial charge in [0.05, 0.1) is 17.1 Å². The summed E-state index contributed by atoms with van der Waals surface area (Å²) < 4.78 is 5.84. The van der Waals surface area contributed by atoms with Crippen molar-refractivity contribution in [3.05, 3.63) is 95.8 Å². The van der Waals surface area contributed by atoms with E-state index in [9.17, 15) is 4.79 Å². The highest BCUT2D eigenvalue weighted by Gasteiger charge is 2.32. The second-order valence-corrected chi connectivity index (χ2v) is 7.59. The number of carbonyl (C=O) groups is 1. The molecule has 5 nitrogen and oxygen atoms in total. The highest BCUT2D eigenvalue weighted by molar-refractivity contribution is 5.94. The number of benzene rings is 3. The van der Waals surface area contributed by atoms with Crippen LogP contribution in [0.5, 0.6) is 5.75 Å². The number of hydrogen-bond acceptors (Lipinski definition) is 3. The number of ether oxygens (including phenoxy) is 1. The molecule has 4 aromatic rings. The van der Waals surface area contributed by atoms with E-state index in [4.69, 9.17) is 9.72 Å². The van der Waals surface area contributed by atoms with E-state index in [1.54, 1.807) is 0 Å². The fourth-order valence-electron chi connectivity index (χ4n) is 4.02. The van der Waals surface area contributed by atoms with Crippen molar-refractivity contribution in [1.29, 1.82) is 0 Å². The molecule has 1 aliphatic rings. The lowest BCUT2D eigenvalue weighted by molar-refractivity contribution is 0.0730. The first-order valence-corrected chi connectivity index (χ1v) is 10.3. The minimum absolute atomic E-state index is 0.0149. The Labute approximate surface area is 175 Å². The number of para-hydroxylation sites is 2. The molecule has 1 fully saturated rings. The SMILES string of the molecule is O=C(c1ccc(OCc2ccccc2)cc1)N1CCCC1c1nc2ccccc2[nH]1. The Morgan fingerprint density at radius 3 is 2.57 bits per heavy atom. The molecular weight excluding hydrogens is 374 g/mol. The van der Waals surface area contributed by atoms with Gasteiger partial charge in [-0.25, -0.2) is 4.98 Å². The van der Waals surface area contributed by atoms with Gasteiger partial charge in [-0.05, 0) is 54.8 Å². The van der Waals surface area contributed by atoms with Crippen LogP contribution in [0, 0.1) is 0 Å². The number of fused-ring (bicyclic) bond motifs is 1. The molecular formula is C25H23N3O2. The van der Waals surface area contributed by atoms with Gasteiger partial charge in [0.2, 0.25) is 0 Å². The number of aromatic amines is 1. The van der Waals surface area contributed by atoms with E-state index in [0.29, 0.717) is 12.2 Å². The first kappa shape index (κ1) is 18.4. The van der Waals surface area contributed by atoms with Crippen LogP contribution in [0.3, 0.4) is 0 Å². The molecule has 2 heterocycles. The van der Waals surface area contributed by atoms with Crippen molar-refractivity contribution in [3.8, 4) is 5.75 Å². The van der Waals surface area contributed by atoms with Gasteiger partial charge in [-0.15, -0.1) is 0 Å². The van der Waals surface area contributed by atoms with Gasteiger partial charge in [0.1, 0.15) is 18.2 Å². The molecule has 1 aliphatic heterocycles. The summed E-state index contributed by atoms with van der Waals surface area (Å²) in [5.74, 6) is 1.66. The average Bonchev–Trinajstić information content (AvgIpc) is 3.45. The highest BCUT2D eigenvalue weighted by Crippen LogP contribution is 2.32. The zero-order valence-electron chi connectivity index (χ0n) is 16.6. The van der Waals surface area contributed by atoms with E-state index in [0.717, 1.165) is 47.6 Å². The molecule has 0 spiro atoms. The van der Waals surface area contributed by atoms with Crippen molar-refractivity contribution in [2.75, 3.05) is 6.54 Å². The predicted molar refractivity (Wildman–Crippen MR) is 116 cm³/mol. The number of rotatable bonds is 5. The van der Waals surface area contributed by atoms with Crippen molar-refractivity contribution < 1.29 is 9.53 Å². The molecule has 5 rings (SSSR count). The quantitative estimate of drug-likeness (QED) is 0.509. The van der Waals surface area contributed by atoms with Crippen LogP contribution in [0.2, 0.25) is 0 Å². The van der Waals surface area contributed by atoms with E-state index in [-0.39, 0.29) is 11.9 Å². The van der Waals surface area contributed by atoms with E-state index in [2.05, 4.69) is 4.98 Å². The molecule has 1 saturated heterocycles. The topological polar surface area (TPSA) is 58.2 Å². The lowest BCUT2D eigenvalue weighted by atomic mass is 10.1. The second-order valence-electron chi connectivity index (χ2n) is 7.59. The van der Waals surface area contributed by atoms with Gasteiger partial charge in [0.15, 0.2) is 0 Å². The third-order valence-corrected chi connectivity index (χ3v) is 5.59. The van der Waals surface area contributed by atoms with Gasteiger partial charge in [-0.2, -0.15) is 0 Å². The monoisotopic (exact) mass is 397 g/mol. The van der Waals surface area contributed by atoms with E-state index >= 15 is 0 Å². The van der Waals surface area contributed by atoms with Crippen molar-refractivity contribution in [2.45, 2.75) is 25.5 Å². The number of likely N-dealkylation sites (tertiary alicyclic amines) is 1. The minimum atomic E-state index is -0.0149. The van der Waals surface area contributed by atoms with E-state index < -0.39 is 0 Å². The number of amides is 1. The summed E-state index contributed by atoms with van der Waals surface area (Å²) in [6.07, 6.45) is 1.90. The largest absolute Gasteiger partial charge is 0.489 e. The van der Waals surface area contributed by atoms with Gasteiger partial charge in [-0.1, -0.05) is 42.5 Å². The molecule has 1 unspecified atom stereocenters. The molecule has 150 valence electrons. The fourth-order valence-corrected chi connectivity index (χ4v) is 4.02. The summed E-state index contributed by atoms with van der Waals surface area (Å²) in [5.41, 5.74) is 3.73. The molecule has 1 N–H and O–H groups in total. The molecule has 1 aromatic heterocycles. The molecule has 0 saturated carbocycles. The zero-order valence-corrected chi connectivity index (χ0v) is 16.6. The number of carbonyl (C=O) groups excluding carboxylic acids is 1. The van der Waals surface area contributed by atoms with Crippen molar-refractivity contribution >= 4 is 16.9 Å². The van der Waals surface area contributed by atoms with Crippen LogP contribution in [0.1, 0.15) is 40.6 Å². The molecule has 0 radical (unpaired) electrons. The first-order chi connectivity index (χ1) is 14.8. The molecule has 1 atom stereocenters. The Bertz CT molecular complexity index is 1120. The predicted octanol–water partition coefficient (Wildman–Crippen LogP) is 5.12. The number of H-pyrrole nitrogens is 1. The van der Waals surface area contributed by atoms with Crippen LogP contribution in [0.15, 0.2) is 78.9 Å². The summed E-state index contributed by atoms with van der Waals surface area (Å²) >= 11 is 0. The standard InChI is InChI=1S/C25H23N3O2/c29-25(19-12-14-20(15-13-19)30-17-18-7-2-1-3-8-18)28-16-6-11-23(28)24-26-21-9-4-5-10-22(21)27-24/h1-5,7-10,12-15,23H,6,11,16-17H2,(H,26,27). The van der Waals surface area contributed by atoms with E-state index in [1.807, 2.05) is 83.8 Å². The number of imidazole rings is 1. The van der Waals surface area contributed by atoms with Crippen molar-refractivity contribution in [3.63, 3.8) is 0 Å². The Morgan fingerprint density at radius 2 is 1.77 bits per heavy atom. The molecule has 1 amide bonds. The van der Waals surface area contributed by atoms with Crippen LogP contribution in [-0.4, -0.2) is 27.3 Å². The average molecular weight is 397 g/mol. The van der Waals surface area contributed by atoms with Crippen molar-refractivity contribution in [2.24, 2.45) is 0 Å². The van der Waals surface area contributed by atoms with Crippen LogP contribution < -0.4 is 4.74 Å². The number of nitrogens with zero attached hydrogens (tertiary/aromatic N) is 2. The van der Waals surface area contributed by atoms with Gasteiger partial charge < -0.3 is 14.6 Å². The van der Waals surface area contributed by atoms with Gasteiger partial charge >= 0.3 is 0 Å². The van der Waals surface area contributed by atoms with Crippen LogP contribution in [-0.2, 0) is 6.61 Å². The number of nitrogens with one attached hydrogen (secondary N) is 1. The van der Waals surface area contributed by atoms with Gasteiger partial charge in [-0.3, -0.25) is 4.79 Å². The lowest BCUT2D eigenvalue weighted by Crippen LogP contribution is -2.31. The maximum atomic E-state index is 13.2. The second kappa shape index (κ2) is 8.03. The molecule has 30 heavy (non-hydrogen) atoms. The Hall–Kier alpha value is -3.60. The number of aromatic nitrogens is 2. The first-order valence-electron chi connectivity index (χ1n) is 10.3. The maximum Gasteiger partial charge on any atom is 0.254 e. The normalized spacial score (nSPS) is 16.1. The highest BCUT2D eigenvalue weighted by atomic mass is 16.5. The van der Waals surface area contributed by atoms with E-state index in [1.165, 1.54) is 0 Å². The summed E-state index contributed by atoms with van der Waals surface area (Å²) in [4.78, 5) is 23.2. The summed E-state index contributed by atoms with van der Waals surface area (Å²) in [6, 6.07) is 25.4. The number of hydrogen-bond donors (Lipinski definition) is 1. The zero-order chi connectivity index (χ0) is 20.3. The smallest absolute Gasteiger partial charge is 0.254 e. The molecule has 5 heteroatoms. The summed E-state index contributed by atoms with van der Waals surface area (Å²) in [5, 5.41) is 0. The third-order valence-electron chi connectivity index (χ3n) is 5.59. The molecule has 3 aromatic carbocycles.